The largest absolute Gasteiger partial charge is 0.326 e. The molecule has 6 heteroatoms. The number of non-ortho nitro benzene ring substituents is 1. The highest BCUT2D eigenvalue weighted by atomic mass is 16.6. The van der Waals surface area contributed by atoms with E-state index in [9.17, 15) is 14.9 Å². The number of nitrogens with zero attached hydrogens (tertiary/aromatic N) is 2. The molecule has 2 aromatic rings. The molecule has 22 heavy (non-hydrogen) atoms. The van der Waals surface area contributed by atoms with Gasteiger partial charge >= 0.3 is 0 Å². The molecule has 0 aliphatic rings. The molecular weight excluding hydrogens is 282 g/mol. The lowest BCUT2D eigenvalue weighted by Gasteiger charge is -2.12. The van der Waals surface area contributed by atoms with Gasteiger partial charge in [-0.2, -0.15) is 5.26 Å². The second-order valence-electron chi connectivity index (χ2n) is 4.75. The fourth-order valence-electron chi connectivity index (χ4n) is 1.91. The van der Waals surface area contributed by atoms with Gasteiger partial charge in [0.15, 0.2) is 0 Å². The summed E-state index contributed by atoms with van der Waals surface area (Å²) in [6, 6.07) is 14.4. The Morgan fingerprint density at radius 2 is 1.77 bits per heavy atom. The minimum absolute atomic E-state index is 0.0107. The fraction of sp³-hybridized carbons (Fsp3) is 0.125. The van der Waals surface area contributed by atoms with Crippen LogP contribution in [0.1, 0.15) is 24.0 Å². The zero-order valence-corrected chi connectivity index (χ0v) is 11.8. The van der Waals surface area contributed by atoms with Crippen molar-refractivity contribution in [3.63, 3.8) is 0 Å². The zero-order valence-electron chi connectivity index (χ0n) is 11.8. The van der Waals surface area contributed by atoms with Gasteiger partial charge in [0.2, 0.25) is 5.91 Å². The van der Waals surface area contributed by atoms with Crippen LogP contribution in [0.3, 0.4) is 0 Å². The molecule has 2 rings (SSSR count). The van der Waals surface area contributed by atoms with E-state index in [1.807, 2.05) is 6.07 Å². The summed E-state index contributed by atoms with van der Waals surface area (Å²) >= 11 is 0. The molecular formula is C16H13N3O3. The van der Waals surface area contributed by atoms with Crippen molar-refractivity contribution >= 4 is 17.3 Å². The molecule has 1 atom stereocenters. The van der Waals surface area contributed by atoms with Crippen molar-refractivity contribution in [2.24, 2.45) is 0 Å². The van der Waals surface area contributed by atoms with E-state index in [0.29, 0.717) is 16.8 Å². The van der Waals surface area contributed by atoms with Gasteiger partial charge in [0.1, 0.15) is 0 Å². The molecule has 0 saturated heterocycles. The Balaban J connectivity index is 2.07. The molecule has 110 valence electrons. The third kappa shape index (κ3) is 3.46. The number of nitrogens with one attached hydrogen (secondary N) is 1. The van der Waals surface area contributed by atoms with E-state index < -0.39 is 10.8 Å². The number of anilines is 1. The van der Waals surface area contributed by atoms with Crippen molar-refractivity contribution in [3.8, 4) is 6.07 Å². The van der Waals surface area contributed by atoms with E-state index in [2.05, 4.69) is 5.32 Å². The predicted octanol–water partition coefficient (Wildman–Crippen LogP) is 3.21. The van der Waals surface area contributed by atoms with E-state index in [1.54, 1.807) is 43.3 Å². The zero-order chi connectivity index (χ0) is 16.1. The molecule has 1 N–H and O–H groups in total. The maximum Gasteiger partial charge on any atom is 0.269 e. The normalized spacial score (nSPS) is 11.3. The molecule has 6 nitrogen and oxygen atoms in total. The average molecular weight is 295 g/mol. The van der Waals surface area contributed by atoms with Gasteiger partial charge in [0.25, 0.3) is 5.69 Å². The number of carbonyl (C=O) groups is 1. The minimum atomic E-state index is -0.481. The smallest absolute Gasteiger partial charge is 0.269 e. The van der Waals surface area contributed by atoms with E-state index in [0.717, 1.165) is 0 Å². The Morgan fingerprint density at radius 1 is 1.18 bits per heavy atom. The topological polar surface area (TPSA) is 96.0 Å². The van der Waals surface area contributed by atoms with Gasteiger partial charge in [0, 0.05) is 17.8 Å². The first kappa shape index (κ1) is 15.2. The number of carbonyl (C=O) groups excluding carboxylic acids is 1. The third-order valence-electron chi connectivity index (χ3n) is 3.28. The lowest BCUT2D eigenvalue weighted by Crippen LogP contribution is -2.18. The maximum atomic E-state index is 12.2. The van der Waals surface area contributed by atoms with Crippen molar-refractivity contribution in [3.05, 3.63) is 69.8 Å². The fourth-order valence-corrected chi connectivity index (χ4v) is 1.91. The van der Waals surface area contributed by atoms with E-state index in [-0.39, 0.29) is 11.6 Å². The third-order valence-corrected chi connectivity index (χ3v) is 3.28. The summed E-state index contributed by atoms with van der Waals surface area (Å²) < 4.78 is 0. The molecule has 0 spiro atoms. The van der Waals surface area contributed by atoms with Crippen LogP contribution >= 0.6 is 0 Å². The molecule has 0 radical (unpaired) electrons. The van der Waals surface area contributed by atoms with Crippen LogP contribution in [0, 0.1) is 21.4 Å². The summed E-state index contributed by atoms with van der Waals surface area (Å²) in [4.78, 5) is 22.3. The Morgan fingerprint density at radius 3 is 2.27 bits per heavy atom. The van der Waals surface area contributed by atoms with Crippen LogP contribution in [0.2, 0.25) is 0 Å². The molecule has 0 aliphatic carbocycles. The van der Waals surface area contributed by atoms with E-state index >= 15 is 0 Å². The van der Waals surface area contributed by atoms with Crippen LogP contribution in [0.4, 0.5) is 11.4 Å². The van der Waals surface area contributed by atoms with Crippen LogP contribution in [-0.2, 0) is 4.79 Å². The quantitative estimate of drug-likeness (QED) is 0.692. The summed E-state index contributed by atoms with van der Waals surface area (Å²) in [6.07, 6.45) is 0. The number of amides is 1. The first-order valence-electron chi connectivity index (χ1n) is 6.56. The molecule has 0 heterocycles. The van der Waals surface area contributed by atoms with Gasteiger partial charge in [-0.15, -0.1) is 0 Å². The number of hydrogen-bond acceptors (Lipinski definition) is 4. The second-order valence-corrected chi connectivity index (χ2v) is 4.75. The van der Waals surface area contributed by atoms with Crippen molar-refractivity contribution < 1.29 is 9.72 Å². The highest BCUT2D eigenvalue weighted by molar-refractivity contribution is 5.95. The maximum absolute atomic E-state index is 12.2. The number of benzene rings is 2. The number of nitriles is 1. The SMILES string of the molecule is C[C@H](C(=O)Nc1ccc(C#N)cc1)c1ccc([N+](=O)[O-])cc1. The monoisotopic (exact) mass is 295 g/mol. The summed E-state index contributed by atoms with van der Waals surface area (Å²) in [5, 5.41) is 22.1. The molecule has 0 saturated carbocycles. The summed E-state index contributed by atoms with van der Waals surface area (Å²) in [6.45, 7) is 1.72. The van der Waals surface area contributed by atoms with E-state index in [4.69, 9.17) is 5.26 Å². The molecule has 2 aromatic carbocycles. The highest BCUT2D eigenvalue weighted by Crippen LogP contribution is 2.21. The first-order chi connectivity index (χ1) is 10.5. The van der Waals surface area contributed by atoms with Crippen LogP contribution in [0.25, 0.3) is 0 Å². The average Bonchev–Trinajstić information content (AvgIpc) is 2.55. The Hall–Kier alpha value is -3.20. The predicted molar refractivity (Wildman–Crippen MR) is 81.3 cm³/mol. The molecule has 0 aromatic heterocycles. The summed E-state index contributed by atoms with van der Waals surface area (Å²) in [5.74, 6) is -0.671. The van der Waals surface area contributed by atoms with Crippen LogP contribution < -0.4 is 5.32 Å². The summed E-state index contributed by atoms with van der Waals surface area (Å²) in [7, 11) is 0. The van der Waals surface area contributed by atoms with Crippen molar-refractivity contribution in [1.29, 1.82) is 5.26 Å². The van der Waals surface area contributed by atoms with Gasteiger partial charge in [-0.05, 0) is 36.8 Å². The van der Waals surface area contributed by atoms with Crippen molar-refractivity contribution in [2.45, 2.75) is 12.8 Å². The number of hydrogen-bond donors (Lipinski definition) is 1. The first-order valence-corrected chi connectivity index (χ1v) is 6.56. The Kier molecular flexibility index (Phi) is 4.49. The van der Waals surface area contributed by atoms with Crippen molar-refractivity contribution in [2.75, 3.05) is 5.32 Å². The lowest BCUT2D eigenvalue weighted by atomic mass is 10.00. The van der Waals surface area contributed by atoms with Crippen LogP contribution in [-0.4, -0.2) is 10.8 Å². The number of rotatable bonds is 4. The molecule has 1 amide bonds. The van der Waals surface area contributed by atoms with Gasteiger partial charge in [0.05, 0.1) is 22.5 Å². The lowest BCUT2D eigenvalue weighted by molar-refractivity contribution is -0.384. The van der Waals surface area contributed by atoms with Crippen LogP contribution in [0.5, 0.6) is 0 Å². The van der Waals surface area contributed by atoms with Gasteiger partial charge in [-0.3, -0.25) is 14.9 Å². The van der Waals surface area contributed by atoms with Gasteiger partial charge in [-0.1, -0.05) is 12.1 Å². The Bertz CT molecular complexity index is 731. The van der Waals surface area contributed by atoms with Gasteiger partial charge < -0.3 is 5.32 Å². The number of nitro benzene ring substituents is 1. The van der Waals surface area contributed by atoms with Gasteiger partial charge in [-0.25, -0.2) is 0 Å². The molecule has 0 fully saturated rings. The van der Waals surface area contributed by atoms with Crippen molar-refractivity contribution in [1.82, 2.24) is 0 Å². The minimum Gasteiger partial charge on any atom is -0.326 e. The summed E-state index contributed by atoms with van der Waals surface area (Å²) in [5.41, 5.74) is 1.79. The Labute approximate surface area is 127 Å². The molecule has 0 unspecified atom stereocenters. The second kappa shape index (κ2) is 6.50. The standard InChI is InChI=1S/C16H13N3O3/c1-11(13-4-8-15(9-5-13)19(21)22)16(20)18-14-6-2-12(10-17)3-7-14/h2-9,11H,1H3,(H,18,20)/t11-/m0/s1. The highest BCUT2D eigenvalue weighted by Gasteiger charge is 2.16. The van der Waals surface area contributed by atoms with Crippen LogP contribution in [0.15, 0.2) is 48.5 Å². The molecule has 0 aliphatic heterocycles. The van der Waals surface area contributed by atoms with E-state index in [1.165, 1.54) is 12.1 Å². The molecule has 0 bridgehead atoms. The number of nitro groups is 1.